The number of benzene rings is 5. The van der Waals surface area contributed by atoms with Crippen molar-refractivity contribution in [2.75, 3.05) is 4.90 Å². The van der Waals surface area contributed by atoms with Gasteiger partial charge in [-0.3, -0.25) is 4.98 Å². The molecular weight excluding hydrogens is 448 g/mol. The summed E-state index contributed by atoms with van der Waals surface area (Å²) in [7, 11) is 0. The summed E-state index contributed by atoms with van der Waals surface area (Å²) in [4.78, 5) is 7.44. The molecule has 0 radical (unpaired) electrons. The first kappa shape index (κ1) is 22.5. The van der Waals surface area contributed by atoms with E-state index in [1.165, 1.54) is 0 Å². The van der Waals surface area contributed by atoms with Crippen LogP contribution in [0.4, 0.5) is 17.1 Å². The van der Waals surface area contributed by atoms with Crippen molar-refractivity contribution in [1.82, 2.24) is 4.98 Å². The summed E-state index contributed by atoms with van der Waals surface area (Å²) >= 11 is 0. The number of rotatable bonds is 6. The fraction of sp³-hybridized carbons (Fsp3) is 0. The fourth-order valence-corrected chi connectivity index (χ4v) is 4.85. The Morgan fingerprint density at radius 2 is 0.757 bits per heavy atom. The van der Waals surface area contributed by atoms with Crippen molar-refractivity contribution in [2.24, 2.45) is 0 Å². The van der Waals surface area contributed by atoms with E-state index in [2.05, 4.69) is 150 Å². The SMILES string of the molecule is c1ccc(-c2ncc(N(c3ccccc3)c3ccccc3)c(-c3ccccc3)c2-c2ccccc2)cc1. The highest BCUT2D eigenvalue weighted by molar-refractivity contribution is 6.01. The molecule has 0 fully saturated rings. The van der Waals surface area contributed by atoms with Crippen LogP contribution < -0.4 is 4.90 Å². The molecule has 1 aromatic heterocycles. The second kappa shape index (κ2) is 10.3. The van der Waals surface area contributed by atoms with Crippen molar-refractivity contribution in [1.29, 1.82) is 0 Å². The van der Waals surface area contributed by atoms with Crippen molar-refractivity contribution in [2.45, 2.75) is 0 Å². The summed E-state index contributed by atoms with van der Waals surface area (Å²) in [5, 5.41) is 0. The Kier molecular flexibility index (Phi) is 6.30. The predicted molar refractivity (Wildman–Crippen MR) is 155 cm³/mol. The van der Waals surface area contributed by atoms with Gasteiger partial charge in [0.15, 0.2) is 0 Å². The van der Waals surface area contributed by atoms with Gasteiger partial charge >= 0.3 is 0 Å². The van der Waals surface area contributed by atoms with Crippen molar-refractivity contribution in [3.8, 4) is 33.5 Å². The summed E-state index contributed by atoms with van der Waals surface area (Å²) in [5.41, 5.74) is 9.80. The molecule has 0 amide bonds. The van der Waals surface area contributed by atoms with Crippen LogP contribution in [0.3, 0.4) is 0 Å². The summed E-state index contributed by atoms with van der Waals surface area (Å²) in [6, 6.07) is 52.7. The fourth-order valence-electron chi connectivity index (χ4n) is 4.85. The van der Waals surface area contributed by atoms with Crippen LogP contribution in [0.15, 0.2) is 158 Å². The van der Waals surface area contributed by atoms with E-state index in [1.54, 1.807) is 0 Å². The van der Waals surface area contributed by atoms with E-state index >= 15 is 0 Å². The average Bonchev–Trinajstić information content (AvgIpc) is 2.99. The molecule has 0 saturated heterocycles. The molecular formula is C35H26N2. The quantitative estimate of drug-likeness (QED) is 0.239. The lowest BCUT2D eigenvalue weighted by Crippen LogP contribution is -2.12. The normalized spacial score (nSPS) is 10.7. The molecule has 0 saturated carbocycles. The van der Waals surface area contributed by atoms with Gasteiger partial charge in [0, 0.05) is 28.1 Å². The molecule has 0 unspecified atom stereocenters. The van der Waals surface area contributed by atoms with Gasteiger partial charge in [-0.1, -0.05) is 127 Å². The van der Waals surface area contributed by atoms with Gasteiger partial charge in [0.1, 0.15) is 0 Å². The van der Waals surface area contributed by atoms with Gasteiger partial charge in [0.05, 0.1) is 17.6 Å². The van der Waals surface area contributed by atoms with E-state index in [4.69, 9.17) is 4.98 Å². The lowest BCUT2D eigenvalue weighted by molar-refractivity contribution is 1.23. The van der Waals surface area contributed by atoms with Gasteiger partial charge in [0.25, 0.3) is 0 Å². The lowest BCUT2D eigenvalue weighted by atomic mass is 9.89. The zero-order chi connectivity index (χ0) is 24.9. The molecule has 0 aliphatic carbocycles. The molecule has 37 heavy (non-hydrogen) atoms. The molecule has 6 aromatic rings. The van der Waals surface area contributed by atoms with Crippen LogP contribution >= 0.6 is 0 Å². The topological polar surface area (TPSA) is 16.1 Å². The second-order valence-electron chi connectivity index (χ2n) is 8.85. The Morgan fingerprint density at radius 1 is 0.378 bits per heavy atom. The maximum absolute atomic E-state index is 5.14. The molecule has 0 bridgehead atoms. The zero-order valence-electron chi connectivity index (χ0n) is 20.4. The van der Waals surface area contributed by atoms with Gasteiger partial charge < -0.3 is 4.90 Å². The monoisotopic (exact) mass is 474 g/mol. The minimum absolute atomic E-state index is 0.968. The Morgan fingerprint density at radius 3 is 1.22 bits per heavy atom. The Balaban J connectivity index is 1.73. The molecule has 0 atom stereocenters. The number of hydrogen-bond acceptors (Lipinski definition) is 2. The van der Waals surface area contributed by atoms with Gasteiger partial charge in [-0.2, -0.15) is 0 Å². The first-order valence-electron chi connectivity index (χ1n) is 12.5. The van der Waals surface area contributed by atoms with Gasteiger partial charge in [-0.05, 0) is 35.4 Å². The number of pyridine rings is 1. The van der Waals surface area contributed by atoms with Crippen molar-refractivity contribution in [3.05, 3.63) is 158 Å². The van der Waals surface area contributed by atoms with Crippen molar-refractivity contribution < 1.29 is 0 Å². The highest BCUT2D eigenvalue weighted by atomic mass is 15.1. The molecule has 0 aliphatic heterocycles. The smallest absolute Gasteiger partial charge is 0.0788 e. The molecule has 1 heterocycles. The van der Waals surface area contributed by atoms with E-state index in [0.717, 1.165) is 50.6 Å². The van der Waals surface area contributed by atoms with Crippen LogP contribution in [0.2, 0.25) is 0 Å². The first-order valence-corrected chi connectivity index (χ1v) is 12.5. The van der Waals surface area contributed by atoms with Crippen LogP contribution in [-0.2, 0) is 0 Å². The molecule has 6 rings (SSSR count). The number of hydrogen-bond donors (Lipinski definition) is 0. The minimum atomic E-state index is 0.968. The molecule has 0 aliphatic rings. The Hall–Kier alpha value is -4.95. The number of aromatic nitrogens is 1. The van der Waals surface area contributed by atoms with Crippen LogP contribution in [0.25, 0.3) is 33.5 Å². The minimum Gasteiger partial charge on any atom is -0.308 e. The maximum Gasteiger partial charge on any atom is 0.0788 e. The summed E-state index contributed by atoms with van der Waals surface area (Å²) < 4.78 is 0. The summed E-state index contributed by atoms with van der Waals surface area (Å²) in [5.74, 6) is 0. The summed E-state index contributed by atoms with van der Waals surface area (Å²) in [6.45, 7) is 0. The molecule has 2 nitrogen and oxygen atoms in total. The highest BCUT2D eigenvalue weighted by Gasteiger charge is 2.24. The van der Waals surface area contributed by atoms with E-state index in [9.17, 15) is 0 Å². The summed E-state index contributed by atoms with van der Waals surface area (Å²) in [6.07, 6.45) is 2.02. The van der Waals surface area contributed by atoms with Crippen molar-refractivity contribution >= 4 is 17.1 Å². The van der Waals surface area contributed by atoms with Crippen LogP contribution in [0.5, 0.6) is 0 Å². The molecule has 5 aromatic carbocycles. The number of nitrogens with zero attached hydrogens (tertiary/aromatic N) is 2. The second-order valence-corrected chi connectivity index (χ2v) is 8.85. The zero-order valence-corrected chi connectivity index (χ0v) is 20.4. The number of para-hydroxylation sites is 2. The maximum atomic E-state index is 5.14. The van der Waals surface area contributed by atoms with Gasteiger partial charge in [0.2, 0.25) is 0 Å². The predicted octanol–water partition coefficient (Wildman–Crippen LogP) is 9.55. The van der Waals surface area contributed by atoms with Crippen LogP contribution in [-0.4, -0.2) is 4.98 Å². The van der Waals surface area contributed by atoms with E-state index in [-0.39, 0.29) is 0 Å². The van der Waals surface area contributed by atoms with Crippen LogP contribution in [0, 0.1) is 0 Å². The average molecular weight is 475 g/mol. The third-order valence-electron chi connectivity index (χ3n) is 6.50. The highest BCUT2D eigenvalue weighted by Crippen LogP contribution is 2.47. The Bertz CT molecular complexity index is 1540. The molecule has 2 heteroatoms. The van der Waals surface area contributed by atoms with Gasteiger partial charge in [-0.25, -0.2) is 0 Å². The largest absolute Gasteiger partial charge is 0.308 e. The number of anilines is 3. The molecule has 176 valence electrons. The standard InChI is InChI=1S/C35H26N2/c1-6-16-27(17-7-1)33-32(37(30-22-12-4-13-23-30)31-24-14-5-15-25-31)26-36-35(29-20-10-3-11-21-29)34(33)28-18-8-2-9-19-28/h1-26H. The van der Waals surface area contributed by atoms with Gasteiger partial charge in [-0.15, -0.1) is 0 Å². The van der Waals surface area contributed by atoms with E-state index in [1.807, 2.05) is 12.3 Å². The Labute approximate surface area is 218 Å². The van der Waals surface area contributed by atoms with Crippen LogP contribution in [0.1, 0.15) is 0 Å². The van der Waals surface area contributed by atoms with Crippen molar-refractivity contribution in [3.63, 3.8) is 0 Å². The van der Waals surface area contributed by atoms with E-state index in [0.29, 0.717) is 0 Å². The third-order valence-corrected chi connectivity index (χ3v) is 6.50. The lowest BCUT2D eigenvalue weighted by Gasteiger charge is -2.29. The third kappa shape index (κ3) is 4.53. The molecule has 0 N–H and O–H groups in total. The van der Waals surface area contributed by atoms with E-state index < -0.39 is 0 Å². The molecule has 0 spiro atoms. The first-order chi connectivity index (χ1) is 18.4.